The number of phosphoric ester groups is 1. The summed E-state index contributed by atoms with van der Waals surface area (Å²) in [6.45, 7) is 1.58. The van der Waals surface area contributed by atoms with Crippen LogP contribution in [0.25, 0.3) is 11.2 Å². The number of nitrogens with zero attached hydrogens (tertiary/aromatic N) is 4. The molecule has 3 N–H and O–H groups in total. The number of ether oxygens (including phenoxy) is 2. The molecule has 0 radical (unpaired) electrons. The van der Waals surface area contributed by atoms with Crippen molar-refractivity contribution < 1.29 is 42.3 Å². The molecule has 2 aromatic rings. The first-order chi connectivity index (χ1) is 13.6. The highest BCUT2D eigenvalue weighted by atomic mass is 31.2. The average Bonchev–Trinajstić information content (AvgIpc) is 3.15. The summed E-state index contributed by atoms with van der Waals surface area (Å²) in [5, 5.41) is 2.48. The maximum atomic E-state index is 14.8. The molecular formula is C14H17FN5O8P. The maximum absolute atomic E-state index is 14.8. The first-order valence-corrected chi connectivity index (χ1v) is 9.72. The van der Waals surface area contributed by atoms with E-state index in [1.807, 2.05) is 0 Å². The molecule has 1 aliphatic heterocycles. The van der Waals surface area contributed by atoms with Crippen LogP contribution in [-0.4, -0.2) is 66.2 Å². The molecule has 0 aliphatic carbocycles. The van der Waals surface area contributed by atoms with Gasteiger partial charge < -0.3 is 24.6 Å². The molecule has 29 heavy (non-hydrogen) atoms. The standard InChI is InChI=1S/C14H17FN5O8P/c1-6(21)19-12-10-13(17-4-16-12)20(5-18-10)14-11(27-7(2)22)9(15)8(28-14)3-26-29(23,24)25/h4-5,8-9,11,14H,3H2,1-2H3,(H2,23,24,25)(H,16,17,19,21)/t8-,9+,11?,14-/m1/s1. The van der Waals surface area contributed by atoms with E-state index in [1.165, 1.54) is 17.8 Å². The number of aromatic nitrogens is 4. The Morgan fingerprint density at radius 3 is 2.69 bits per heavy atom. The summed E-state index contributed by atoms with van der Waals surface area (Å²) in [6.07, 6.45) is -3.75. The fourth-order valence-electron chi connectivity index (χ4n) is 2.84. The van der Waals surface area contributed by atoms with Gasteiger partial charge in [0.1, 0.15) is 12.4 Å². The molecule has 4 atom stereocenters. The number of rotatable bonds is 6. The third-order valence-corrected chi connectivity index (χ3v) is 4.39. The largest absolute Gasteiger partial charge is 0.469 e. The molecule has 0 spiro atoms. The third kappa shape index (κ3) is 4.74. The lowest BCUT2D eigenvalue weighted by atomic mass is 10.1. The van der Waals surface area contributed by atoms with Crippen LogP contribution >= 0.6 is 7.82 Å². The Hall–Kier alpha value is -2.51. The first-order valence-electron chi connectivity index (χ1n) is 8.19. The van der Waals surface area contributed by atoms with Gasteiger partial charge in [0.15, 0.2) is 35.5 Å². The lowest BCUT2D eigenvalue weighted by molar-refractivity contribution is -0.154. The summed E-state index contributed by atoms with van der Waals surface area (Å²) in [5.41, 5.74) is 0.327. The van der Waals surface area contributed by atoms with Crippen molar-refractivity contribution in [2.45, 2.75) is 38.5 Å². The van der Waals surface area contributed by atoms with Crippen LogP contribution in [0.5, 0.6) is 0 Å². The van der Waals surface area contributed by atoms with E-state index in [0.717, 1.165) is 13.3 Å². The van der Waals surface area contributed by atoms with Crippen LogP contribution in [0, 0.1) is 0 Å². The van der Waals surface area contributed by atoms with Crippen molar-refractivity contribution in [3.8, 4) is 0 Å². The number of hydrogen-bond acceptors (Lipinski definition) is 9. The zero-order valence-electron chi connectivity index (χ0n) is 15.1. The summed E-state index contributed by atoms with van der Waals surface area (Å²) in [4.78, 5) is 52.4. The number of anilines is 1. The Morgan fingerprint density at radius 1 is 1.34 bits per heavy atom. The minimum atomic E-state index is -4.87. The Bertz CT molecular complexity index is 980. The summed E-state index contributed by atoms with van der Waals surface area (Å²) in [6, 6.07) is 0. The van der Waals surface area contributed by atoms with Crippen molar-refractivity contribution in [2.75, 3.05) is 11.9 Å². The molecule has 3 rings (SSSR count). The van der Waals surface area contributed by atoms with E-state index in [4.69, 9.17) is 19.3 Å². The van der Waals surface area contributed by atoms with Gasteiger partial charge in [-0.2, -0.15) is 0 Å². The molecule has 13 nitrogen and oxygen atoms in total. The monoisotopic (exact) mass is 433 g/mol. The molecule has 1 saturated heterocycles. The molecule has 3 heterocycles. The van der Waals surface area contributed by atoms with Crippen molar-refractivity contribution in [1.82, 2.24) is 19.5 Å². The predicted molar refractivity (Wildman–Crippen MR) is 92.0 cm³/mol. The number of phosphoric acid groups is 1. The van der Waals surface area contributed by atoms with Crippen molar-refractivity contribution in [2.24, 2.45) is 0 Å². The molecule has 1 amide bonds. The number of fused-ring (bicyclic) bond motifs is 1. The van der Waals surface area contributed by atoms with Crippen LogP contribution in [0.1, 0.15) is 20.1 Å². The Kier molecular flexibility index (Phi) is 5.91. The van der Waals surface area contributed by atoms with E-state index >= 15 is 0 Å². The van der Waals surface area contributed by atoms with Gasteiger partial charge in [0.2, 0.25) is 5.91 Å². The summed E-state index contributed by atoms with van der Waals surface area (Å²) < 4.78 is 41.8. The molecule has 0 saturated carbocycles. The van der Waals surface area contributed by atoms with Crippen LogP contribution < -0.4 is 5.32 Å². The smallest absolute Gasteiger partial charge is 0.454 e. The van der Waals surface area contributed by atoms with Crippen LogP contribution in [0.4, 0.5) is 10.2 Å². The van der Waals surface area contributed by atoms with Gasteiger partial charge in [-0.05, 0) is 0 Å². The molecular weight excluding hydrogens is 416 g/mol. The summed E-state index contributed by atoms with van der Waals surface area (Å²) >= 11 is 0. The first kappa shape index (κ1) is 21.2. The highest BCUT2D eigenvalue weighted by Gasteiger charge is 2.49. The number of imidazole rings is 1. The zero-order chi connectivity index (χ0) is 21.3. The summed E-state index contributed by atoms with van der Waals surface area (Å²) in [7, 11) is -4.87. The van der Waals surface area contributed by atoms with E-state index < -0.39 is 50.9 Å². The number of nitrogens with one attached hydrogen (secondary N) is 1. The van der Waals surface area contributed by atoms with Gasteiger partial charge in [-0.15, -0.1) is 0 Å². The van der Waals surface area contributed by atoms with Crippen LogP contribution in [0.2, 0.25) is 0 Å². The number of halogens is 1. The zero-order valence-corrected chi connectivity index (χ0v) is 16.0. The van der Waals surface area contributed by atoms with Gasteiger partial charge in [-0.1, -0.05) is 0 Å². The molecule has 158 valence electrons. The third-order valence-electron chi connectivity index (χ3n) is 3.90. The molecule has 2 aromatic heterocycles. The van der Waals surface area contributed by atoms with Crippen molar-refractivity contribution >= 4 is 36.7 Å². The highest BCUT2D eigenvalue weighted by molar-refractivity contribution is 7.46. The number of esters is 1. The normalized spacial score (nSPS) is 24.6. The van der Waals surface area contributed by atoms with E-state index in [1.54, 1.807) is 0 Å². The van der Waals surface area contributed by atoms with Gasteiger partial charge in [0.25, 0.3) is 0 Å². The van der Waals surface area contributed by atoms with Gasteiger partial charge in [0, 0.05) is 13.8 Å². The van der Waals surface area contributed by atoms with Gasteiger partial charge in [0.05, 0.1) is 12.9 Å². The SMILES string of the molecule is CC(=O)Nc1ncnc2c1ncn2[C@@H]1O[C@H](COP(=O)(O)O)[C@H](F)C1OC(C)=O. The topological polar surface area (TPSA) is 175 Å². The minimum absolute atomic E-state index is 0.112. The number of amides is 1. The van der Waals surface area contributed by atoms with Gasteiger partial charge in [-0.25, -0.2) is 23.9 Å². The Morgan fingerprint density at radius 2 is 2.07 bits per heavy atom. The number of alkyl halides is 1. The molecule has 15 heteroatoms. The fraction of sp³-hybridized carbons (Fsp3) is 0.500. The Balaban J connectivity index is 1.95. The summed E-state index contributed by atoms with van der Waals surface area (Å²) in [5.74, 6) is -1.07. The maximum Gasteiger partial charge on any atom is 0.469 e. The average molecular weight is 433 g/mol. The second kappa shape index (κ2) is 8.08. The number of hydrogen-bond donors (Lipinski definition) is 3. The Labute approximate surface area is 162 Å². The highest BCUT2D eigenvalue weighted by Crippen LogP contribution is 2.40. The lowest BCUT2D eigenvalue weighted by Gasteiger charge is -2.20. The van der Waals surface area contributed by atoms with Gasteiger partial charge >= 0.3 is 13.8 Å². The molecule has 0 bridgehead atoms. The van der Waals surface area contributed by atoms with Gasteiger partial charge in [-0.3, -0.25) is 18.7 Å². The van der Waals surface area contributed by atoms with E-state index in [-0.39, 0.29) is 17.0 Å². The number of carbonyl (C=O) groups excluding carboxylic acids is 2. The number of carbonyl (C=O) groups is 2. The van der Waals surface area contributed by atoms with E-state index in [9.17, 15) is 18.5 Å². The second-order valence-electron chi connectivity index (χ2n) is 6.10. The van der Waals surface area contributed by atoms with Crippen molar-refractivity contribution in [3.05, 3.63) is 12.7 Å². The molecule has 0 aromatic carbocycles. The van der Waals surface area contributed by atoms with Crippen molar-refractivity contribution in [1.29, 1.82) is 0 Å². The fourth-order valence-corrected chi connectivity index (χ4v) is 3.18. The minimum Gasteiger partial charge on any atom is -0.454 e. The lowest BCUT2D eigenvalue weighted by Crippen LogP contribution is -2.33. The van der Waals surface area contributed by atoms with Crippen LogP contribution in [0.15, 0.2) is 12.7 Å². The van der Waals surface area contributed by atoms with Crippen LogP contribution in [0.3, 0.4) is 0 Å². The van der Waals surface area contributed by atoms with Crippen LogP contribution in [-0.2, 0) is 28.2 Å². The molecule has 1 unspecified atom stereocenters. The molecule has 1 fully saturated rings. The van der Waals surface area contributed by atoms with E-state index in [0.29, 0.717) is 0 Å². The van der Waals surface area contributed by atoms with Crippen molar-refractivity contribution in [3.63, 3.8) is 0 Å². The van der Waals surface area contributed by atoms with E-state index in [2.05, 4.69) is 24.8 Å². The second-order valence-corrected chi connectivity index (χ2v) is 7.34. The quantitative estimate of drug-likeness (QED) is 0.415. The molecule has 1 aliphatic rings. The predicted octanol–water partition coefficient (Wildman–Crippen LogP) is 0.0612.